The van der Waals surface area contributed by atoms with Gasteiger partial charge in [-0.3, -0.25) is 4.99 Å². The van der Waals surface area contributed by atoms with Crippen LogP contribution >= 0.6 is 24.0 Å². The summed E-state index contributed by atoms with van der Waals surface area (Å²) in [6.45, 7) is 6.90. The van der Waals surface area contributed by atoms with E-state index in [1.54, 1.807) is 11.9 Å². The summed E-state index contributed by atoms with van der Waals surface area (Å²) in [5.41, 5.74) is 0. The number of unbranched alkanes of at least 4 members (excludes halogenated alkanes) is 2. The molecule has 0 unspecified atom stereocenters. The number of amides is 1. The molecule has 1 rings (SSSR count). The molecule has 1 fully saturated rings. The number of guanidine groups is 1. The van der Waals surface area contributed by atoms with Gasteiger partial charge in [0.15, 0.2) is 5.96 Å². The van der Waals surface area contributed by atoms with Gasteiger partial charge in [-0.1, -0.05) is 19.8 Å². The van der Waals surface area contributed by atoms with Crippen LogP contribution in [-0.4, -0.2) is 56.3 Å². The second kappa shape index (κ2) is 12.8. The molecule has 0 saturated carbocycles. The highest BCUT2D eigenvalue weighted by Gasteiger charge is 2.23. The van der Waals surface area contributed by atoms with Gasteiger partial charge in [-0.2, -0.15) is 0 Å². The summed E-state index contributed by atoms with van der Waals surface area (Å²) in [5.74, 6) is 0.862. The second-order valence-electron chi connectivity index (χ2n) is 5.31. The van der Waals surface area contributed by atoms with Gasteiger partial charge in [-0.15, -0.1) is 24.0 Å². The van der Waals surface area contributed by atoms with Crippen LogP contribution in [0.15, 0.2) is 4.99 Å². The summed E-state index contributed by atoms with van der Waals surface area (Å²) < 4.78 is 5.03. The SMILES string of the molecule is CCCCCNC(=NC)NC1CCN(C(=O)OCC)CC1.I. The van der Waals surface area contributed by atoms with E-state index >= 15 is 0 Å². The minimum atomic E-state index is -0.196. The van der Waals surface area contributed by atoms with Crippen molar-refractivity contribution in [1.29, 1.82) is 0 Å². The van der Waals surface area contributed by atoms with Crippen LogP contribution in [0, 0.1) is 0 Å². The smallest absolute Gasteiger partial charge is 0.409 e. The molecular formula is C15H31IN4O2. The molecular weight excluding hydrogens is 395 g/mol. The van der Waals surface area contributed by atoms with Crippen LogP contribution in [0.2, 0.25) is 0 Å². The highest BCUT2D eigenvalue weighted by molar-refractivity contribution is 14.0. The average molecular weight is 426 g/mol. The average Bonchev–Trinajstić information content (AvgIpc) is 2.51. The molecule has 1 saturated heterocycles. The molecule has 130 valence electrons. The maximum atomic E-state index is 11.6. The largest absolute Gasteiger partial charge is 0.450 e. The summed E-state index contributed by atoms with van der Waals surface area (Å²) in [6.07, 6.45) is 5.28. The van der Waals surface area contributed by atoms with Crippen LogP contribution in [0.3, 0.4) is 0 Å². The van der Waals surface area contributed by atoms with Crippen LogP contribution < -0.4 is 10.6 Å². The van der Waals surface area contributed by atoms with Crippen molar-refractivity contribution in [2.24, 2.45) is 4.99 Å². The number of rotatable bonds is 6. The number of carbonyl (C=O) groups is 1. The molecule has 1 aliphatic rings. The predicted octanol–water partition coefficient (Wildman–Crippen LogP) is 2.58. The van der Waals surface area contributed by atoms with Gasteiger partial charge < -0.3 is 20.3 Å². The first kappa shape index (κ1) is 21.3. The third-order valence-electron chi connectivity index (χ3n) is 3.66. The number of hydrogen-bond donors (Lipinski definition) is 2. The summed E-state index contributed by atoms with van der Waals surface area (Å²) in [6, 6.07) is 0.369. The van der Waals surface area contributed by atoms with Gasteiger partial charge in [0.1, 0.15) is 0 Å². The van der Waals surface area contributed by atoms with Crippen LogP contribution in [0.4, 0.5) is 4.79 Å². The summed E-state index contributed by atoms with van der Waals surface area (Å²) in [5, 5.41) is 6.77. The van der Waals surface area contributed by atoms with Crippen LogP contribution in [-0.2, 0) is 4.74 Å². The molecule has 22 heavy (non-hydrogen) atoms. The van der Waals surface area contributed by atoms with E-state index in [1.165, 1.54) is 19.3 Å². The van der Waals surface area contributed by atoms with E-state index in [4.69, 9.17) is 4.74 Å². The molecule has 7 heteroatoms. The molecule has 1 heterocycles. The van der Waals surface area contributed by atoms with Crippen LogP contribution in [0.25, 0.3) is 0 Å². The minimum Gasteiger partial charge on any atom is -0.450 e. The maximum Gasteiger partial charge on any atom is 0.409 e. The van der Waals surface area contributed by atoms with Gasteiger partial charge in [0, 0.05) is 32.7 Å². The zero-order valence-electron chi connectivity index (χ0n) is 14.1. The summed E-state index contributed by atoms with van der Waals surface area (Å²) in [7, 11) is 1.79. The van der Waals surface area contributed by atoms with E-state index in [0.717, 1.165) is 38.4 Å². The fourth-order valence-corrected chi connectivity index (χ4v) is 2.39. The molecule has 0 aromatic rings. The molecule has 2 N–H and O–H groups in total. The number of aliphatic imine (C=N–C) groups is 1. The quantitative estimate of drug-likeness (QED) is 0.297. The van der Waals surface area contributed by atoms with Gasteiger partial charge in [-0.05, 0) is 26.2 Å². The number of nitrogens with zero attached hydrogens (tertiary/aromatic N) is 2. The van der Waals surface area contributed by atoms with Crippen LogP contribution in [0.5, 0.6) is 0 Å². The number of hydrogen-bond acceptors (Lipinski definition) is 3. The van der Waals surface area contributed by atoms with Crippen molar-refractivity contribution in [3.8, 4) is 0 Å². The Kier molecular flexibility index (Phi) is 12.4. The van der Waals surface area contributed by atoms with Gasteiger partial charge in [0.2, 0.25) is 0 Å². The lowest BCUT2D eigenvalue weighted by Crippen LogP contribution is -2.50. The molecule has 0 atom stereocenters. The Morgan fingerprint density at radius 1 is 1.27 bits per heavy atom. The van der Waals surface area contributed by atoms with E-state index in [2.05, 4.69) is 22.5 Å². The monoisotopic (exact) mass is 426 g/mol. The molecule has 0 aliphatic carbocycles. The Bertz CT molecular complexity index is 332. The lowest BCUT2D eigenvalue weighted by Gasteiger charge is -2.32. The molecule has 6 nitrogen and oxygen atoms in total. The first-order valence-corrected chi connectivity index (χ1v) is 8.10. The van der Waals surface area contributed by atoms with Gasteiger partial charge >= 0.3 is 6.09 Å². The number of likely N-dealkylation sites (tertiary alicyclic amines) is 1. The number of piperidine rings is 1. The summed E-state index contributed by atoms with van der Waals surface area (Å²) >= 11 is 0. The Labute approximate surface area is 151 Å². The molecule has 1 amide bonds. The number of ether oxygens (including phenoxy) is 1. The standard InChI is InChI=1S/C15H30N4O2.HI/c1-4-6-7-10-17-14(16-3)18-13-8-11-19(12-9-13)15(20)21-5-2;/h13H,4-12H2,1-3H3,(H2,16,17,18);1H. The zero-order chi connectivity index (χ0) is 15.5. The van der Waals surface area contributed by atoms with Crippen molar-refractivity contribution >= 4 is 36.0 Å². The Morgan fingerprint density at radius 3 is 2.50 bits per heavy atom. The fraction of sp³-hybridized carbons (Fsp3) is 0.867. The van der Waals surface area contributed by atoms with Crippen molar-refractivity contribution in [3.05, 3.63) is 0 Å². The zero-order valence-corrected chi connectivity index (χ0v) is 16.4. The maximum absolute atomic E-state index is 11.6. The Hall–Kier alpha value is -0.730. The van der Waals surface area contributed by atoms with Gasteiger partial charge in [-0.25, -0.2) is 4.79 Å². The number of nitrogens with one attached hydrogen (secondary N) is 2. The number of carbonyl (C=O) groups excluding carboxylic acids is 1. The van der Waals surface area contributed by atoms with E-state index in [0.29, 0.717) is 12.6 Å². The van der Waals surface area contributed by atoms with E-state index in [9.17, 15) is 4.79 Å². The molecule has 0 spiro atoms. The van der Waals surface area contributed by atoms with E-state index in [1.807, 2.05) is 6.92 Å². The Balaban J connectivity index is 0.00000441. The molecule has 0 bridgehead atoms. The molecule has 0 radical (unpaired) electrons. The van der Waals surface area contributed by atoms with Crippen molar-refractivity contribution in [3.63, 3.8) is 0 Å². The fourth-order valence-electron chi connectivity index (χ4n) is 2.39. The second-order valence-corrected chi connectivity index (χ2v) is 5.31. The molecule has 0 aromatic heterocycles. The molecule has 0 aromatic carbocycles. The highest BCUT2D eigenvalue weighted by atomic mass is 127. The van der Waals surface area contributed by atoms with Crippen molar-refractivity contribution in [2.45, 2.75) is 52.0 Å². The van der Waals surface area contributed by atoms with E-state index < -0.39 is 0 Å². The minimum absolute atomic E-state index is 0. The predicted molar refractivity (Wildman–Crippen MR) is 101 cm³/mol. The first-order chi connectivity index (χ1) is 10.2. The van der Waals surface area contributed by atoms with Crippen molar-refractivity contribution in [1.82, 2.24) is 15.5 Å². The lowest BCUT2D eigenvalue weighted by atomic mass is 10.1. The van der Waals surface area contributed by atoms with Crippen molar-refractivity contribution in [2.75, 3.05) is 33.3 Å². The van der Waals surface area contributed by atoms with Crippen LogP contribution in [0.1, 0.15) is 46.0 Å². The van der Waals surface area contributed by atoms with Gasteiger partial charge in [0.05, 0.1) is 6.61 Å². The first-order valence-electron chi connectivity index (χ1n) is 8.10. The van der Waals surface area contributed by atoms with E-state index in [-0.39, 0.29) is 30.1 Å². The third-order valence-corrected chi connectivity index (χ3v) is 3.66. The third kappa shape index (κ3) is 8.05. The molecule has 1 aliphatic heterocycles. The number of halogens is 1. The summed E-state index contributed by atoms with van der Waals surface area (Å²) in [4.78, 5) is 17.7. The normalized spacial score (nSPS) is 16.0. The highest BCUT2D eigenvalue weighted by Crippen LogP contribution is 2.11. The Morgan fingerprint density at radius 2 is 1.95 bits per heavy atom. The van der Waals surface area contributed by atoms with Gasteiger partial charge in [0.25, 0.3) is 0 Å². The topological polar surface area (TPSA) is 66.0 Å². The van der Waals surface area contributed by atoms with Crippen molar-refractivity contribution < 1.29 is 9.53 Å². The lowest BCUT2D eigenvalue weighted by molar-refractivity contribution is 0.0963.